The zero-order valence-corrected chi connectivity index (χ0v) is 11.8. The van der Waals surface area contributed by atoms with E-state index >= 15 is 0 Å². The summed E-state index contributed by atoms with van der Waals surface area (Å²) >= 11 is 0. The van der Waals surface area contributed by atoms with Gasteiger partial charge in [-0.25, -0.2) is 14.3 Å². The summed E-state index contributed by atoms with van der Waals surface area (Å²) < 4.78 is 6.73. The van der Waals surface area contributed by atoms with E-state index in [2.05, 4.69) is 15.1 Å². The average molecular weight is 282 g/mol. The number of ether oxygens (including phenoxy) is 1. The van der Waals surface area contributed by atoms with Crippen molar-refractivity contribution in [3.05, 3.63) is 59.2 Å². The largest absolute Gasteiger partial charge is 0.455 e. The number of rotatable bonds is 3. The molecular formula is C15H14N4O2. The van der Waals surface area contributed by atoms with Crippen molar-refractivity contribution in [1.82, 2.24) is 19.6 Å². The SMILES string of the molecule is Cc1ccc(COC(=O)c2nc3nccc(C)n3n2)cc1. The van der Waals surface area contributed by atoms with Gasteiger partial charge in [0.25, 0.3) is 11.6 Å². The Kier molecular flexibility index (Phi) is 3.35. The lowest BCUT2D eigenvalue weighted by molar-refractivity contribution is 0.0458. The molecule has 2 aromatic heterocycles. The quantitative estimate of drug-likeness (QED) is 0.688. The lowest BCUT2D eigenvalue weighted by Gasteiger charge is -2.02. The Labute approximate surface area is 121 Å². The Morgan fingerprint density at radius 3 is 2.67 bits per heavy atom. The lowest BCUT2D eigenvalue weighted by Crippen LogP contribution is -2.07. The lowest BCUT2D eigenvalue weighted by atomic mass is 10.2. The normalized spacial score (nSPS) is 10.8. The van der Waals surface area contributed by atoms with Gasteiger partial charge in [-0.3, -0.25) is 0 Å². The minimum Gasteiger partial charge on any atom is -0.455 e. The van der Waals surface area contributed by atoms with Gasteiger partial charge in [-0.15, -0.1) is 5.10 Å². The van der Waals surface area contributed by atoms with Crippen LogP contribution in [0, 0.1) is 13.8 Å². The van der Waals surface area contributed by atoms with E-state index in [0.29, 0.717) is 5.78 Å². The molecule has 2 heterocycles. The van der Waals surface area contributed by atoms with E-state index in [1.807, 2.05) is 38.1 Å². The number of carbonyl (C=O) groups is 1. The summed E-state index contributed by atoms with van der Waals surface area (Å²) in [5.74, 6) is -0.151. The molecule has 0 radical (unpaired) electrons. The maximum atomic E-state index is 12.0. The molecule has 3 aromatic rings. The number of aryl methyl sites for hydroxylation is 2. The molecule has 0 fully saturated rings. The Hall–Kier alpha value is -2.76. The van der Waals surface area contributed by atoms with Crippen molar-refractivity contribution in [1.29, 1.82) is 0 Å². The summed E-state index contributed by atoms with van der Waals surface area (Å²) in [5, 5.41) is 4.11. The maximum absolute atomic E-state index is 12.0. The zero-order valence-electron chi connectivity index (χ0n) is 11.8. The van der Waals surface area contributed by atoms with E-state index in [9.17, 15) is 4.79 Å². The number of hydrogen-bond donors (Lipinski definition) is 0. The van der Waals surface area contributed by atoms with E-state index in [1.165, 1.54) is 4.52 Å². The van der Waals surface area contributed by atoms with Crippen molar-refractivity contribution in [2.45, 2.75) is 20.5 Å². The monoisotopic (exact) mass is 282 g/mol. The van der Waals surface area contributed by atoms with Crippen LogP contribution in [0.4, 0.5) is 0 Å². The van der Waals surface area contributed by atoms with Crippen molar-refractivity contribution in [3.8, 4) is 0 Å². The minimum absolute atomic E-state index is 0.0175. The first kappa shape index (κ1) is 13.2. The molecule has 0 amide bonds. The molecular weight excluding hydrogens is 268 g/mol. The van der Waals surface area contributed by atoms with Gasteiger partial charge >= 0.3 is 5.97 Å². The van der Waals surface area contributed by atoms with Crippen molar-refractivity contribution in [2.24, 2.45) is 0 Å². The third-order valence-electron chi connectivity index (χ3n) is 3.10. The Balaban J connectivity index is 1.75. The molecule has 0 N–H and O–H groups in total. The minimum atomic E-state index is -0.555. The molecule has 0 bridgehead atoms. The second kappa shape index (κ2) is 5.32. The third-order valence-corrected chi connectivity index (χ3v) is 3.10. The van der Waals surface area contributed by atoms with Gasteiger partial charge in [-0.05, 0) is 25.5 Å². The van der Waals surface area contributed by atoms with E-state index in [4.69, 9.17) is 4.74 Å². The van der Waals surface area contributed by atoms with Gasteiger partial charge in [0.1, 0.15) is 6.61 Å². The number of nitrogens with zero attached hydrogens (tertiary/aromatic N) is 4. The summed E-state index contributed by atoms with van der Waals surface area (Å²) in [5.41, 5.74) is 2.94. The third kappa shape index (κ3) is 2.74. The fourth-order valence-corrected chi connectivity index (χ4v) is 1.89. The van der Waals surface area contributed by atoms with Crippen molar-refractivity contribution >= 4 is 11.7 Å². The molecule has 106 valence electrons. The summed E-state index contributed by atoms with van der Waals surface area (Å²) in [7, 11) is 0. The van der Waals surface area contributed by atoms with Crippen molar-refractivity contribution in [2.75, 3.05) is 0 Å². The van der Waals surface area contributed by atoms with Crippen molar-refractivity contribution < 1.29 is 9.53 Å². The first-order chi connectivity index (χ1) is 10.1. The van der Waals surface area contributed by atoms with Crippen LogP contribution in [0.15, 0.2) is 36.5 Å². The van der Waals surface area contributed by atoms with E-state index in [0.717, 1.165) is 16.8 Å². The van der Waals surface area contributed by atoms with Gasteiger partial charge in [0, 0.05) is 11.9 Å². The highest BCUT2D eigenvalue weighted by atomic mass is 16.5. The number of benzene rings is 1. The summed E-state index contributed by atoms with van der Waals surface area (Å²) in [6.45, 7) is 4.07. The summed E-state index contributed by atoms with van der Waals surface area (Å²) in [6.07, 6.45) is 1.63. The highest BCUT2D eigenvalue weighted by Crippen LogP contribution is 2.07. The number of carbonyl (C=O) groups excluding carboxylic acids is 1. The molecule has 0 aliphatic carbocycles. The van der Waals surface area contributed by atoms with Gasteiger partial charge in [0.05, 0.1) is 0 Å². The molecule has 0 spiro atoms. The van der Waals surface area contributed by atoms with Gasteiger partial charge in [-0.2, -0.15) is 4.98 Å². The molecule has 0 saturated carbocycles. The fourth-order valence-electron chi connectivity index (χ4n) is 1.89. The molecule has 0 saturated heterocycles. The number of aromatic nitrogens is 4. The molecule has 0 aliphatic heterocycles. The highest BCUT2D eigenvalue weighted by Gasteiger charge is 2.15. The number of esters is 1. The van der Waals surface area contributed by atoms with Crippen LogP contribution < -0.4 is 0 Å². The molecule has 6 heteroatoms. The molecule has 0 unspecified atom stereocenters. The Bertz CT molecular complexity index is 793. The molecule has 0 aliphatic rings. The summed E-state index contributed by atoms with van der Waals surface area (Å²) in [4.78, 5) is 20.1. The van der Waals surface area contributed by atoms with Crippen molar-refractivity contribution in [3.63, 3.8) is 0 Å². The fraction of sp³-hybridized carbons (Fsp3) is 0.200. The topological polar surface area (TPSA) is 69.4 Å². The van der Waals surface area contributed by atoms with Crippen LogP contribution in [0.5, 0.6) is 0 Å². The molecule has 6 nitrogen and oxygen atoms in total. The smallest absolute Gasteiger partial charge is 0.378 e. The van der Waals surface area contributed by atoms with Crippen LogP contribution in [0.1, 0.15) is 27.4 Å². The first-order valence-electron chi connectivity index (χ1n) is 6.54. The van der Waals surface area contributed by atoms with Gasteiger partial charge in [0.15, 0.2) is 0 Å². The summed E-state index contributed by atoms with van der Waals surface area (Å²) in [6, 6.07) is 9.58. The van der Waals surface area contributed by atoms with Crippen LogP contribution >= 0.6 is 0 Å². The van der Waals surface area contributed by atoms with E-state index in [1.54, 1.807) is 12.3 Å². The van der Waals surface area contributed by atoms with Gasteiger partial charge in [0.2, 0.25) is 0 Å². The predicted molar refractivity (Wildman–Crippen MR) is 75.8 cm³/mol. The van der Waals surface area contributed by atoms with Crippen LogP contribution in [-0.2, 0) is 11.3 Å². The van der Waals surface area contributed by atoms with Crippen LogP contribution in [0.25, 0.3) is 5.78 Å². The van der Waals surface area contributed by atoms with Gasteiger partial charge in [-0.1, -0.05) is 29.8 Å². The predicted octanol–water partition coefficient (Wildman–Crippen LogP) is 2.10. The highest BCUT2D eigenvalue weighted by molar-refractivity contribution is 5.85. The second-order valence-electron chi connectivity index (χ2n) is 4.80. The molecule has 21 heavy (non-hydrogen) atoms. The second-order valence-corrected chi connectivity index (χ2v) is 4.80. The first-order valence-corrected chi connectivity index (χ1v) is 6.54. The zero-order chi connectivity index (χ0) is 14.8. The van der Waals surface area contributed by atoms with Gasteiger partial charge < -0.3 is 4.74 Å². The molecule has 3 rings (SSSR count). The molecule has 1 aromatic carbocycles. The number of fused-ring (bicyclic) bond motifs is 1. The maximum Gasteiger partial charge on any atom is 0.378 e. The van der Waals surface area contributed by atoms with Crippen LogP contribution in [0.2, 0.25) is 0 Å². The standard InChI is InChI=1S/C15H14N4O2/c1-10-3-5-12(6-4-10)9-21-14(20)13-17-15-16-8-7-11(2)19(15)18-13/h3-8H,9H2,1-2H3. The van der Waals surface area contributed by atoms with E-state index < -0.39 is 5.97 Å². The van der Waals surface area contributed by atoms with Crippen LogP contribution in [-0.4, -0.2) is 25.6 Å². The van der Waals surface area contributed by atoms with Crippen LogP contribution in [0.3, 0.4) is 0 Å². The van der Waals surface area contributed by atoms with E-state index in [-0.39, 0.29) is 12.4 Å². The Morgan fingerprint density at radius 1 is 1.19 bits per heavy atom. The number of hydrogen-bond acceptors (Lipinski definition) is 5. The average Bonchev–Trinajstić information content (AvgIpc) is 2.92. The molecule has 0 atom stereocenters. The Morgan fingerprint density at radius 2 is 1.95 bits per heavy atom.